The Morgan fingerprint density at radius 3 is 2.41 bits per heavy atom. The maximum absolute atomic E-state index is 12.9. The molecule has 202 valence electrons. The zero-order valence-corrected chi connectivity index (χ0v) is 21.5. The third-order valence-electron chi connectivity index (χ3n) is 5.19. The number of aromatic nitrogens is 2. The minimum Gasteiger partial charge on any atom is -0.495 e. The first-order chi connectivity index (χ1) is 17.3. The van der Waals surface area contributed by atoms with E-state index in [2.05, 4.69) is 20.6 Å². The monoisotopic (exact) mass is 543 g/mol. The van der Waals surface area contributed by atoms with Crippen LogP contribution in [-0.2, 0) is 0 Å². The number of aliphatic imine (C=N–C) groups is 1. The summed E-state index contributed by atoms with van der Waals surface area (Å²) in [6.07, 6.45) is 8.19. The average Bonchev–Trinajstić information content (AvgIpc) is 3.27. The zero-order valence-electron chi connectivity index (χ0n) is 20.7. The van der Waals surface area contributed by atoms with Gasteiger partial charge in [0.25, 0.3) is 0 Å². The fourth-order valence-electron chi connectivity index (χ4n) is 3.37. The van der Waals surface area contributed by atoms with E-state index < -0.39 is 15.1 Å². The Hall–Kier alpha value is -3.54. The first-order valence-corrected chi connectivity index (χ1v) is 13.5. The van der Waals surface area contributed by atoms with Gasteiger partial charge in [-0.05, 0) is 61.4 Å². The van der Waals surface area contributed by atoms with Crippen LogP contribution < -0.4 is 15.4 Å². The maximum atomic E-state index is 12.9. The van der Waals surface area contributed by atoms with Gasteiger partial charge in [-0.3, -0.25) is 4.99 Å². The number of imidazole rings is 1. The molecule has 0 aliphatic heterocycles. The molecule has 0 unspecified atom stereocenters. The molecule has 2 N–H and O–H groups in total. The molecule has 0 radical (unpaired) electrons. The highest BCUT2D eigenvalue weighted by molar-refractivity contribution is 8.45. The van der Waals surface area contributed by atoms with Gasteiger partial charge in [-0.25, -0.2) is 4.98 Å². The third kappa shape index (κ3) is 8.24. The summed E-state index contributed by atoms with van der Waals surface area (Å²) in [7, 11) is -8.07. The van der Waals surface area contributed by atoms with Gasteiger partial charge in [0.05, 0.1) is 24.8 Å². The van der Waals surface area contributed by atoms with Crippen LogP contribution in [0.1, 0.15) is 24.6 Å². The van der Waals surface area contributed by atoms with Crippen LogP contribution in [0.25, 0.3) is 11.8 Å². The number of hydrogen-bond donors (Lipinski definition) is 2. The molecule has 0 aliphatic rings. The van der Waals surface area contributed by atoms with Crippen LogP contribution in [0, 0.1) is 6.92 Å². The Kier molecular flexibility index (Phi) is 7.91. The van der Waals surface area contributed by atoms with Crippen molar-refractivity contribution in [2.75, 3.05) is 32.1 Å². The number of rotatable bonds is 11. The van der Waals surface area contributed by atoms with Crippen LogP contribution in [0.15, 0.2) is 71.0 Å². The molecular formula is C25H30F5N5OS. The lowest BCUT2D eigenvalue weighted by Gasteiger charge is -2.40. The van der Waals surface area contributed by atoms with Crippen molar-refractivity contribution >= 4 is 27.8 Å². The van der Waals surface area contributed by atoms with Crippen molar-refractivity contribution in [3.8, 4) is 11.4 Å². The van der Waals surface area contributed by atoms with E-state index in [0.29, 0.717) is 49.0 Å². The topological polar surface area (TPSA) is 63.5 Å². The molecular weight excluding hydrogens is 513 g/mol. The highest BCUT2D eigenvalue weighted by atomic mass is 32.5. The fraction of sp³-hybridized carbons (Fsp3) is 0.280. The SMILES string of the molecule is CCCN=C(/C=C/c1ccc(-n2cnc(C)c2)c(OC)c1)NCCNc1ccc(S(F)(F)(F)(F)F)cc1. The summed E-state index contributed by atoms with van der Waals surface area (Å²) in [5, 5.41) is 6.08. The molecule has 1 heterocycles. The van der Waals surface area contributed by atoms with Crippen LogP contribution in [0.3, 0.4) is 0 Å². The molecule has 1 aromatic heterocycles. The van der Waals surface area contributed by atoms with Gasteiger partial charge in [0.1, 0.15) is 16.5 Å². The van der Waals surface area contributed by atoms with Gasteiger partial charge >= 0.3 is 10.2 Å². The van der Waals surface area contributed by atoms with Gasteiger partial charge in [0.15, 0.2) is 0 Å². The number of amidine groups is 1. The molecule has 3 rings (SSSR count). The zero-order chi connectivity index (χ0) is 27.2. The normalized spacial score (nSPS) is 14.3. The van der Waals surface area contributed by atoms with Crippen molar-refractivity contribution in [2.24, 2.45) is 4.99 Å². The van der Waals surface area contributed by atoms with E-state index in [1.807, 2.05) is 55.0 Å². The maximum Gasteiger partial charge on any atom is 0.310 e. The molecule has 0 fully saturated rings. The Balaban J connectivity index is 1.61. The highest BCUT2D eigenvalue weighted by Crippen LogP contribution is 3.02. The molecule has 0 spiro atoms. The van der Waals surface area contributed by atoms with Crippen LogP contribution in [0.2, 0.25) is 0 Å². The number of anilines is 1. The second-order valence-electron chi connectivity index (χ2n) is 8.30. The van der Waals surface area contributed by atoms with Crippen molar-refractivity contribution in [1.82, 2.24) is 14.9 Å². The van der Waals surface area contributed by atoms with Crippen molar-refractivity contribution in [1.29, 1.82) is 0 Å². The predicted molar refractivity (Wildman–Crippen MR) is 141 cm³/mol. The Morgan fingerprint density at radius 2 is 1.81 bits per heavy atom. The lowest BCUT2D eigenvalue weighted by atomic mass is 10.1. The number of methoxy groups -OCH3 is 1. The fourth-order valence-corrected chi connectivity index (χ4v) is 4.02. The number of halogens is 5. The number of ether oxygens (including phenoxy) is 1. The summed E-state index contributed by atoms with van der Waals surface area (Å²) < 4.78 is 71.7. The molecule has 0 saturated carbocycles. The summed E-state index contributed by atoms with van der Waals surface area (Å²) in [5.41, 5.74) is 2.95. The molecule has 12 heteroatoms. The van der Waals surface area contributed by atoms with E-state index in [1.54, 1.807) is 13.4 Å². The van der Waals surface area contributed by atoms with E-state index >= 15 is 0 Å². The first-order valence-electron chi connectivity index (χ1n) is 11.5. The highest BCUT2D eigenvalue weighted by Gasteiger charge is 2.65. The van der Waals surface area contributed by atoms with E-state index in [4.69, 9.17) is 4.74 Å². The third-order valence-corrected chi connectivity index (χ3v) is 6.36. The quantitative estimate of drug-likeness (QED) is 0.115. The van der Waals surface area contributed by atoms with Crippen LogP contribution >= 0.6 is 10.2 Å². The Labute approximate surface area is 213 Å². The summed E-state index contributed by atoms with van der Waals surface area (Å²) in [5.74, 6) is 1.31. The first kappa shape index (κ1) is 28.0. The largest absolute Gasteiger partial charge is 0.495 e. The molecule has 37 heavy (non-hydrogen) atoms. The standard InChI is InChI=1S/C25H30F5N5OS/c1-4-13-32-25(33-15-14-31-21-7-9-22(10-8-21)37(26,27,28,29)30)12-6-20-5-11-23(24(16-20)36-3)35-17-19(2)34-18-35/h5-12,16-18,31H,4,13-15H2,1-3H3,(H,32,33)/b12-6+. The van der Waals surface area contributed by atoms with Gasteiger partial charge in [-0.1, -0.05) is 38.5 Å². The number of benzene rings is 2. The van der Waals surface area contributed by atoms with Crippen LogP contribution in [0.5, 0.6) is 5.75 Å². The number of aryl methyl sites for hydroxylation is 1. The second kappa shape index (κ2) is 10.4. The van der Waals surface area contributed by atoms with E-state index in [9.17, 15) is 19.4 Å². The number of nitrogens with zero attached hydrogens (tertiary/aromatic N) is 3. The molecule has 6 nitrogen and oxygen atoms in total. The predicted octanol–water partition coefficient (Wildman–Crippen LogP) is 7.37. The molecule has 0 atom stereocenters. The van der Waals surface area contributed by atoms with E-state index in [-0.39, 0.29) is 0 Å². The number of hydrogen-bond acceptors (Lipinski definition) is 4. The van der Waals surface area contributed by atoms with Crippen molar-refractivity contribution in [3.63, 3.8) is 0 Å². The minimum absolute atomic E-state index is 0.301. The van der Waals surface area contributed by atoms with Crippen molar-refractivity contribution in [3.05, 3.63) is 72.3 Å². The molecule has 3 aromatic rings. The van der Waals surface area contributed by atoms with Crippen LogP contribution in [0.4, 0.5) is 25.1 Å². The van der Waals surface area contributed by atoms with Crippen molar-refractivity contribution in [2.45, 2.75) is 25.2 Å². The summed E-state index contributed by atoms with van der Waals surface area (Å²) in [6, 6.07) is 8.53. The van der Waals surface area contributed by atoms with Gasteiger partial charge in [-0.2, -0.15) is 0 Å². The average molecular weight is 544 g/mol. The summed E-state index contributed by atoms with van der Waals surface area (Å²) in [4.78, 5) is 6.84. The van der Waals surface area contributed by atoms with Gasteiger partial charge in [0, 0.05) is 31.5 Å². The Morgan fingerprint density at radius 1 is 1.08 bits per heavy atom. The van der Waals surface area contributed by atoms with E-state index in [0.717, 1.165) is 35.5 Å². The van der Waals surface area contributed by atoms with Gasteiger partial charge < -0.3 is 19.9 Å². The second-order valence-corrected chi connectivity index (χ2v) is 10.7. The summed E-state index contributed by atoms with van der Waals surface area (Å²) >= 11 is 0. The lowest BCUT2D eigenvalue weighted by molar-refractivity contribution is 0.364. The molecule has 0 bridgehead atoms. The summed E-state index contributed by atoms with van der Waals surface area (Å²) in [6.45, 7) is 5.26. The molecule has 0 aliphatic carbocycles. The van der Waals surface area contributed by atoms with Crippen molar-refractivity contribution < 1.29 is 24.2 Å². The molecule has 2 aromatic carbocycles. The van der Waals surface area contributed by atoms with Gasteiger partial charge in [-0.15, -0.1) is 0 Å². The van der Waals surface area contributed by atoms with Crippen LogP contribution in [-0.4, -0.2) is 42.1 Å². The minimum atomic E-state index is -9.67. The number of nitrogens with one attached hydrogen (secondary N) is 2. The molecule has 0 amide bonds. The smallest absolute Gasteiger partial charge is 0.310 e. The lowest BCUT2D eigenvalue weighted by Crippen LogP contribution is -2.27. The van der Waals surface area contributed by atoms with Gasteiger partial charge in [0.2, 0.25) is 0 Å². The Bertz CT molecular complexity index is 1270. The molecule has 0 saturated heterocycles. The van der Waals surface area contributed by atoms with E-state index in [1.165, 1.54) is 0 Å².